The lowest BCUT2D eigenvalue weighted by atomic mass is 9.79. The van der Waals surface area contributed by atoms with Crippen molar-refractivity contribution in [3.05, 3.63) is 71.3 Å². The number of hydrogen-bond acceptors (Lipinski definition) is 8. The standard InChI is InChI=1S/C29H33N3O8/c1-29(2,13-14-30-15-16-31(28(38)39-3)22(17-30)26(35)36)23(27(37)40-18-19-9-5-4-6-10-19)32-24(33)20-11-7-8-12-21(20)25(32)34/h4-12,22-23H,13-18H2,1-3H3,(H,35,36)/t22-,23-/m1/s1. The van der Waals surface area contributed by atoms with Crippen LogP contribution >= 0.6 is 0 Å². The molecule has 1 saturated heterocycles. The summed E-state index contributed by atoms with van der Waals surface area (Å²) < 4.78 is 10.4. The van der Waals surface area contributed by atoms with Crippen LogP contribution in [-0.2, 0) is 25.7 Å². The summed E-state index contributed by atoms with van der Waals surface area (Å²) in [6, 6.07) is 13.2. The highest BCUT2D eigenvalue weighted by Crippen LogP contribution is 2.36. The number of benzene rings is 2. The van der Waals surface area contributed by atoms with Gasteiger partial charge >= 0.3 is 18.0 Å². The summed E-state index contributed by atoms with van der Waals surface area (Å²) in [6.07, 6.45) is -0.380. The van der Waals surface area contributed by atoms with Crippen molar-refractivity contribution in [3.63, 3.8) is 0 Å². The molecule has 11 nitrogen and oxygen atoms in total. The van der Waals surface area contributed by atoms with E-state index in [1.165, 1.54) is 12.0 Å². The number of amides is 3. The Bertz CT molecular complexity index is 1260. The molecule has 0 bridgehead atoms. The van der Waals surface area contributed by atoms with Crippen LogP contribution in [-0.4, -0.2) is 95.0 Å². The number of hydrogen-bond donors (Lipinski definition) is 1. The highest BCUT2D eigenvalue weighted by Gasteiger charge is 2.50. The van der Waals surface area contributed by atoms with Gasteiger partial charge in [0, 0.05) is 19.6 Å². The second-order valence-electron chi connectivity index (χ2n) is 10.6. The Kier molecular flexibility index (Phi) is 8.53. The second-order valence-corrected chi connectivity index (χ2v) is 10.6. The number of rotatable bonds is 9. The number of piperazine rings is 1. The van der Waals surface area contributed by atoms with Gasteiger partial charge in [0.25, 0.3) is 11.8 Å². The molecule has 2 heterocycles. The van der Waals surface area contributed by atoms with Gasteiger partial charge in [-0.05, 0) is 36.1 Å². The maximum Gasteiger partial charge on any atom is 0.410 e. The predicted octanol–water partition coefficient (Wildman–Crippen LogP) is 2.65. The molecule has 3 amide bonds. The van der Waals surface area contributed by atoms with E-state index in [1.54, 1.807) is 38.1 Å². The van der Waals surface area contributed by atoms with Gasteiger partial charge in [0.2, 0.25) is 0 Å². The summed E-state index contributed by atoms with van der Waals surface area (Å²) in [7, 11) is 1.20. The van der Waals surface area contributed by atoms with Crippen molar-refractivity contribution in [1.29, 1.82) is 0 Å². The Morgan fingerprint density at radius 2 is 1.57 bits per heavy atom. The van der Waals surface area contributed by atoms with E-state index in [9.17, 15) is 29.1 Å². The third kappa shape index (κ3) is 5.84. The summed E-state index contributed by atoms with van der Waals surface area (Å²) in [5.74, 6) is -2.98. The van der Waals surface area contributed by atoms with E-state index in [2.05, 4.69) is 0 Å². The normalized spacial score (nSPS) is 18.3. The maximum absolute atomic E-state index is 13.6. The van der Waals surface area contributed by atoms with Crippen LogP contribution in [0.5, 0.6) is 0 Å². The number of aliphatic carboxylic acids is 1. The fraction of sp³-hybridized carbons (Fsp3) is 0.414. The highest BCUT2D eigenvalue weighted by molar-refractivity contribution is 6.22. The van der Waals surface area contributed by atoms with E-state index in [4.69, 9.17) is 9.47 Å². The zero-order valence-electron chi connectivity index (χ0n) is 22.7. The average Bonchev–Trinajstić information content (AvgIpc) is 3.20. The molecule has 40 heavy (non-hydrogen) atoms. The van der Waals surface area contributed by atoms with Crippen LogP contribution in [0.1, 0.15) is 46.5 Å². The van der Waals surface area contributed by atoms with Gasteiger partial charge in [0.1, 0.15) is 18.7 Å². The molecule has 2 aliphatic heterocycles. The number of fused-ring (bicyclic) bond motifs is 1. The van der Waals surface area contributed by atoms with Gasteiger partial charge in [-0.3, -0.25) is 24.3 Å². The molecule has 1 fully saturated rings. The second kappa shape index (κ2) is 11.9. The molecule has 0 spiro atoms. The molecule has 0 aromatic heterocycles. The van der Waals surface area contributed by atoms with E-state index in [0.29, 0.717) is 19.5 Å². The SMILES string of the molecule is COC(=O)N1CCN(CCC(C)(C)[C@@H](C(=O)OCc2ccccc2)N2C(=O)c3ccccc3C2=O)C[C@@H]1C(=O)O. The first-order valence-corrected chi connectivity index (χ1v) is 13.0. The van der Waals surface area contributed by atoms with Gasteiger partial charge in [0.05, 0.1) is 18.2 Å². The molecule has 212 valence electrons. The quantitative estimate of drug-likeness (QED) is 0.369. The molecule has 0 aliphatic carbocycles. The van der Waals surface area contributed by atoms with Crippen molar-refractivity contribution >= 4 is 29.8 Å². The largest absolute Gasteiger partial charge is 0.480 e. The summed E-state index contributed by atoms with van der Waals surface area (Å²) >= 11 is 0. The number of ether oxygens (including phenoxy) is 2. The zero-order valence-corrected chi connectivity index (χ0v) is 22.7. The van der Waals surface area contributed by atoms with Crippen molar-refractivity contribution < 1.29 is 38.6 Å². The van der Waals surface area contributed by atoms with E-state index in [-0.39, 0.29) is 30.8 Å². The number of carboxylic acid groups (broad SMARTS) is 1. The lowest BCUT2D eigenvalue weighted by Gasteiger charge is -2.41. The molecule has 2 aromatic carbocycles. The molecular formula is C29H33N3O8. The van der Waals surface area contributed by atoms with Crippen LogP contribution < -0.4 is 0 Å². The van der Waals surface area contributed by atoms with Crippen LogP contribution in [0.3, 0.4) is 0 Å². The van der Waals surface area contributed by atoms with E-state index in [1.807, 2.05) is 35.2 Å². The van der Waals surface area contributed by atoms with Crippen LogP contribution in [0, 0.1) is 5.41 Å². The summed E-state index contributed by atoms with van der Waals surface area (Å²) in [4.78, 5) is 68.4. The number of carbonyl (C=O) groups is 5. The average molecular weight is 552 g/mol. The fourth-order valence-electron chi connectivity index (χ4n) is 5.20. The minimum atomic E-state index is -1.23. The first kappa shape index (κ1) is 28.8. The number of carbonyl (C=O) groups excluding carboxylic acids is 4. The lowest BCUT2D eigenvalue weighted by Crippen LogP contribution is -2.59. The Morgan fingerprint density at radius 1 is 0.975 bits per heavy atom. The van der Waals surface area contributed by atoms with Gasteiger partial charge in [-0.1, -0.05) is 56.3 Å². The van der Waals surface area contributed by atoms with Crippen LogP contribution in [0.25, 0.3) is 0 Å². The Morgan fingerprint density at radius 3 is 2.15 bits per heavy atom. The minimum absolute atomic E-state index is 0.0226. The molecule has 0 unspecified atom stereocenters. The van der Waals surface area contributed by atoms with E-state index >= 15 is 0 Å². The predicted molar refractivity (Wildman–Crippen MR) is 142 cm³/mol. The lowest BCUT2D eigenvalue weighted by molar-refractivity contribution is -0.154. The fourth-order valence-corrected chi connectivity index (χ4v) is 5.20. The maximum atomic E-state index is 13.6. The third-order valence-electron chi connectivity index (χ3n) is 7.50. The Labute approximate surface area is 232 Å². The summed E-state index contributed by atoms with van der Waals surface area (Å²) in [6.45, 7) is 4.52. The van der Waals surface area contributed by atoms with Crippen molar-refractivity contribution in [1.82, 2.24) is 14.7 Å². The van der Waals surface area contributed by atoms with Crippen molar-refractivity contribution in [2.75, 3.05) is 33.3 Å². The van der Waals surface area contributed by atoms with Gasteiger partial charge in [-0.25, -0.2) is 14.4 Å². The molecule has 0 saturated carbocycles. The molecule has 1 N–H and O–H groups in total. The third-order valence-corrected chi connectivity index (χ3v) is 7.50. The smallest absolute Gasteiger partial charge is 0.410 e. The number of methoxy groups -OCH3 is 1. The minimum Gasteiger partial charge on any atom is -0.480 e. The number of esters is 1. The molecule has 2 aromatic rings. The number of nitrogens with zero attached hydrogens (tertiary/aromatic N) is 3. The molecular weight excluding hydrogens is 518 g/mol. The van der Waals surface area contributed by atoms with Crippen LogP contribution in [0.15, 0.2) is 54.6 Å². The van der Waals surface area contributed by atoms with Crippen LogP contribution in [0.4, 0.5) is 4.79 Å². The molecule has 11 heteroatoms. The molecule has 2 aliphatic rings. The molecule has 2 atom stereocenters. The Hall–Kier alpha value is -4.25. The first-order chi connectivity index (χ1) is 19.0. The van der Waals surface area contributed by atoms with Gasteiger partial charge in [0.15, 0.2) is 0 Å². The van der Waals surface area contributed by atoms with Gasteiger partial charge in [-0.15, -0.1) is 0 Å². The van der Waals surface area contributed by atoms with E-state index < -0.39 is 47.3 Å². The zero-order chi connectivity index (χ0) is 29.0. The summed E-state index contributed by atoms with van der Waals surface area (Å²) in [5.41, 5.74) is 0.275. The Balaban J connectivity index is 1.54. The van der Waals surface area contributed by atoms with Crippen molar-refractivity contribution in [2.24, 2.45) is 5.41 Å². The van der Waals surface area contributed by atoms with Gasteiger partial charge in [-0.2, -0.15) is 0 Å². The first-order valence-electron chi connectivity index (χ1n) is 13.0. The number of imide groups is 1. The summed E-state index contributed by atoms with van der Waals surface area (Å²) in [5, 5.41) is 9.68. The van der Waals surface area contributed by atoms with E-state index in [0.717, 1.165) is 10.5 Å². The molecule has 4 rings (SSSR count). The van der Waals surface area contributed by atoms with Crippen LogP contribution in [0.2, 0.25) is 0 Å². The van der Waals surface area contributed by atoms with Crippen molar-refractivity contribution in [2.45, 2.75) is 39.0 Å². The topological polar surface area (TPSA) is 134 Å². The highest BCUT2D eigenvalue weighted by atomic mass is 16.5. The van der Waals surface area contributed by atoms with Crippen molar-refractivity contribution in [3.8, 4) is 0 Å². The molecule has 0 radical (unpaired) electrons. The number of carboxylic acids is 1. The monoisotopic (exact) mass is 551 g/mol. The van der Waals surface area contributed by atoms with Gasteiger partial charge < -0.3 is 14.6 Å².